The zero-order valence-corrected chi connectivity index (χ0v) is 11.8. The lowest BCUT2D eigenvalue weighted by Crippen LogP contribution is -2.14. The molecule has 0 fully saturated rings. The van der Waals surface area contributed by atoms with Crippen molar-refractivity contribution < 1.29 is 18.0 Å². The Labute approximate surface area is 130 Å². The van der Waals surface area contributed by atoms with E-state index in [4.69, 9.17) is 4.42 Å². The van der Waals surface area contributed by atoms with E-state index in [1.807, 2.05) is 0 Å². The van der Waals surface area contributed by atoms with Gasteiger partial charge in [0.25, 0.3) is 0 Å². The highest BCUT2D eigenvalue weighted by atomic mass is 19.1. The fourth-order valence-corrected chi connectivity index (χ4v) is 1.96. The molecule has 3 aromatic rings. The molecule has 0 aliphatic rings. The van der Waals surface area contributed by atoms with Crippen LogP contribution in [0.4, 0.5) is 14.8 Å². The van der Waals surface area contributed by atoms with Gasteiger partial charge < -0.3 is 4.42 Å². The fourth-order valence-electron chi connectivity index (χ4n) is 1.96. The van der Waals surface area contributed by atoms with E-state index >= 15 is 0 Å². The summed E-state index contributed by atoms with van der Waals surface area (Å²) in [5, 5.41) is 9.88. The summed E-state index contributed by atoms with van der Waals surface area (Å²) in [6, 6.07) is 11.2. The molecule has 0 radical (unpaired) electrons. The van der Waals surface area contributed by atoms with Crippen LogP contribution >= 0.6 is 0 Å². The van der Waals surface area contributed by atoms with Crippen molar-refractivity contribution in [3.05, 3.63) is 65.7 Å². The largest absolute Gasteiger partial charge is 0.403 e. The first-order chi connectivity index (χ1) is 11.1. The minimum absolute atomic E-state index is 0.0396. The molecule has 116 valence electrons. The molecule has 0 atom stereocenters. The summed E-state index contributed by atoms with van der Waals surface area (Å²) in [7, 11) is 0. The molecule has 1 aromatic heterocycles. The Morgan fingerprint density at radius 2 is 1.83 bits per heavy atom. The number of halogens is 2. The molecule has 0 saturated heterocycles. The van der Waals surface area contributed by atoms with Gasteiger partial charge in [-0.2, -0.15) is 0 Å². The van der Waals surface area contributed by atoms with E-state index < -0.39 is 5.82 Å². The maximum atomic E-state index is 13.2. The van der Waals surface area contributed by atoms with Gasteiger partial charge in [-0.25, -0.2) is 8.78 Å². The molecule has 0 saturated carbocycles. The van der Waals surface area contributed by atoms with Crippen LogP contribution in [-0.4, -0.2) is 16.1 Å². The summed E-state index contributed by atoms with van der Waals surface area (Å²) >= 11 is 0. The van der Waals surface area contributed by atoms with Crippen LogP contribution in [0.2, 0.25) is 0 Å². The van der Waals surface area contributed by atoms with Crippen LogP contribution in [0.15, 0.2) is 52.9 Å². The number of hydrogen-bond acceptors (Lipinski definition) is 4. The van der Waals surface area contributed by atoms with Crippen LogP contribution in [0, 0.1) is 11.6 Å². The first-order valence-electron chi connectivity index (χ1n) is 6.74. The van der Waals surface area contributed by atoms with Crippen molar-refractivity contribution in [2.45, 2.75) is 6.42 Å². The van der Waals surface area contributed by atoms with Gasteiger partial charge in [0.2, 0.25) is 11.8 Å². The minimum Gasteiger partial charge on any atom is -0.403 e. The molecule has 0 bridgehead atoms. The molecule has 1 heterocycles. The average Bonchev–Trinajstić information content (AvgIpc) is 2.98. The second kappa shape index (κ2) is 6.35. The monoisotopic (exact) mass is 315 g/mol. The molecular weight excluding hydrogens is 304 g/mol. The number of benzene rings is 2. The molecule has 0 aliphatic carbocycles. The number of amides is 1. The Morgan fingerprint density at radius 1 is 1.04 bits per heavy atom. The van der Waals surface area contributed by atoms with E-state index in [1.165, 1.54) is 42.5 Å². The zero-order chi connectivity index (χ0) is 16.2. The fraction of sp³-hybridized carbons (Fsp3) is 0.0625. The summed E-state index contributed by atoms with van der Waals surface area (Å²) in [6.07, 6.45) is 0.0396. The number of nitrogens with zero attached hydrogens (tertiary/aromatic N) is 2. The molecule has 3 rings (SSSR count). The van der Waals surface area contributed by atoms with Gasteiger partial charge in [0.1, 0.15) is 11.6 Å². The van der Waals surface area contributed by atoms with Gasteiger partial charge in [-0.15, -0.1) is 5.10 Å². The minimum atomic E-state index is -0.428. The van der Waals surface area contributed by atoms with Gasteiger partial charge in [0.15, 0.2) is 0 Å². The topological polar surface area (TPSA) is 68.0 Å². The lowest BCUT2D eigenvalue weighted by molar-refractivity contribution is -0.115. The van der Waals surface area contributed by atoms with E-state index in [2.05, 4.69) is 15.5 Å². The lowest BCUT2D eigenvalue weighted by atomic mass is 10.1. The van der Waals surface area contributed by atoms with Gasteiger partial charge in [0, 0.05) is 5.56 Å². The number of carbonyl (C=O) groups is 1. The van der Waals surface area contributed by atoms with Gasteiger partial charge >= 0.3 is 6.01 Å². The summed E-state index contributed by atoms with van der Waals surface area (Å²) in [4.78, 5) is 11.9. The van der Waals surface area contributed by atoms with E-state index in [1.54, 1.807) is 6.07 Å². The van der Waals surface area contributed by atoms with E-state index in [9.17, 15) is 13.6 Å². The molecule has 5 nitrogen and oxygen atoms in total. The summed E-state index contributed by atoms with van der Waals surface area (Å²) in [5.41, 5.74) is 1.06. The van der Waals surface area contributed by atoms with E-state index in [-0.39, 0.29) is 30.1 Å². The maximum absolute atomic E-state index is 13.2. The maximum Gasteiger partial charge on any atom is 0.322 e. The first-order valence-corrected chi connectivity index (χ1v) is 6.74. The molecule has 23 heavy (non-hydrogen) atoms. The first kappa shape index (κ1) is 14.8. The molecule has 0 unspecified atom stereocenters. The van der Waals surface area contributed by atoms with Crippen LogP contribution < -0.4 is 5.32 Å². The van der Waals surface area contributed by atoms with Gasteiger partial charge in [-0.3, -0.25) is 10.1 Å². The van der Waals surface area contributed by atoms with Crippen molar-refractivity contribution in [3.8, 4) is 11.5 Å². The SMILES string of the molecule is O=C(Cc1ccc(F)cc1)Nc1nnc(-c2cccc(F)c2)o1. The molecule has 0 spiro atoms. The van der Waals surface area contributed by atoms with Crippen LogP contribution in [0.1, 0.15) is 5.56 Å². The number of carbonyl (C=O) groups excluding carboxylic acids is 1. The molecule has 1 amide bonds. The van der Waals surface area contributed by atoms with Crippen LogP contribution in [0.3, 0.4) is 0 Å². The Bertz CT molecular complexity index is 831. The van der Waals surface area contributed by atoms with Crippen molar-refractivity contribution in [1.82, 2.24) is 10.2 Å². The second-order valence-corrected chi connectivity index (χ2v) is 4.77. The van der Waals surface area contributed by atoms with Gasteiger partial charge in [-0.1, -0.05) is 23.3 Å². The Morgan fingerprint density at radius 3 is 2.57 bits per heavy atom. The second-order valence-electron chi connectivity index (χ2n) is 4.77. The Kier molecular flexibility index (Phi) is 4.09. The van der Waals surface area contributed by atoms with Crippen molar-refractivity contribution in [1.29, 1.82) is 0 Å². The van der Waals surface area contributed by atoms with Crippen LogP contribution in [-0.2, 0) is 11.2 Å². The normalized spacial score (nSPS) is 10.5. The highest BCUT2D eigenvalue weighted by Crippen LogP contribution is 2.20. The Balaban J connectivity index is 1.66. The van der Waals surface area contributed by atoms with Crippen molar-refractivity contribution in [2.24, 2.45) is 0 Å². The third-order valence-electron chi connectivity index (χ3n) is 3.02. The summed E-state index contributed by atoms with van der Waals surface area (Å²) in [5.74, 6) is -1.08. The summed E-state index contributed by atoms with van der Waals surface area (Å²) < 4.78 is 31.2. The van der Waals surface area contributed by atoms with Crippen molar-refractivity contribution in [2.75, 3.05) is 5.32 Å². The van der Waals surface area contributed by atoms with Gasteiger partial charge in [-0.05, 0) is 35.9 Å². The smallest absolute Gasteiger partial charge is 0.322 e. The van der Waals surface area contributed by atoms with E-state index in [0.29, 0.717) is 11.1 Å². The predicted molar refractivity (Wildman–Crippen MR) is 78.4 cm³/mol. The van der Waals surface area contributed by atoms with Crippen molar-refractivity contribution in [3.63, 3.8) is 0 Å². The van der Waals surface area contributed by atoms with E-state index in [0.717, 1.165) is 0 Å². The third-order valence-corrected chi connectivity index (χ3v) is 3.02. The van der Waals surface area contributed by atoms with Crippen LogP contribution in [0.25, 0.3) is 11.5 Å². The highest BCUT2D eigenvalue weighted by Gasteiger charge is 2.12. The molecule has 7 heteroatoms. The lowest BCUT2D eigenvalue weighted by Gasteiger charge is -2.01. The standard InChI is InChI=1S/C16H11F2N3O2/c17-12-6-4-10(5-7-12)8-14(22)19-16-21-20-15(23-16)11-2-1-3-13(18)9-11/h1-7,9H,8H2,(H,19,21,22). The molecule has 0 aliphatic heterocycles. The number of hydrogen-bond donors (Lipinski definition) is 1. The van der Waals surface area contributed by atoms with Gasteiger partial charge in [0.05, 0.1) is 6.42 Å². The zero-order valence-electron chi connectivity index (χ0n) is 11.8. The quantitative estimate of drug-likeness (QED) is 0.803. The number of rotatable bonds is 4. The third kappa shape index (κ3) is 3.76. The molecule has 1 N–H and O–H groups in total. The highest BCUT2D eigenvalue weighted by molar-refractivity contribution is 5.90. The van der Waals surface area contributed by atoms with Crippen molar-refractivity contribution >= 4 is 11.9 Å². The number of aromatic nitrogens is 2. The molecule has 2 aromatic carbocycles. The average molecular weight is 315 g/mol. The summed E-state index contributed by atoms with van der Waals surface area (Å²) in [6.45, 7) is 0. The Hall–Kier alpha value is -3.09. The predicted octanol–water partition coefficient (Wildman–Crippen LogP) is 3.20. The molecular formula is C16H11F2N3O2. The number of nitrogens with one attached hydrogen (secondary N) is 1. The number of anilines is 1. The van der Waals surface area contributed by atoms with Crippen LogP contribution in [0.5, 0.6) is 0 Å².